The Morgan fingerprint density at radius 3 is 2.60 bits per heavy atom. The lowest BCUT2D eigenvalue weighted by Crippen LogP contribution is -2.47. The number of aryl methyl sites for hydroxylation is 2. The van der Waals surface area contributed by atoms with Crippen molar-refractivity contribution >= 4 is 16.0 Å². The molecule has 0 spiro atoms. The molecule has 1 fully saturated rings. The molecule has 0 aromatic heterocycles. The van der Waals surface area contributed by atoms with Gasteiger partial charge in [0.15, 0.2) is 0 Å². The molecule has 1 aromatic rings. The normalized spacial score (nSPS) is 20.8. The quantitative estimate of drug-likeness (QED) is 0.925. The van der Waals surface area contributed by atoms with E-state index in [0.29, 0.717) is 18.4 Å². The van der Waals surface area contributed by atoms with Crippen molar-refractivity contribution in [1.29, 1.82) is 0 Å². The van der Waals surface area contributed by atoms with E-state index in [4.69, 9.17) is 0 Å². The van der Waals surface area contributed by atoms with Gasteiger partial charge in [0.2, 0.25) is 10.0 Å². The minimum atomic E-state index is -3.75. The number of hydrogen-bond donors (Lipinski definition) is 1. The standard InChI is InChI=1S/C14H19NO4S/c1-10-6-7-13(11(2)9-10)20(18,19)15-8-4-3-5-12(15)14(16)17/h6-7,9,12H,3-5,8H2,1-2H3,(H,16,17)/t12-/m1/s1. The van der Waals surface area contributed by atoms with Gasteiger partial charge >= 0.3 is 5.97 Å². The summed E-state index contributed by atoms with van der Waals surface area (Å²) in [7, 11) is -3.75. The molecular weight excluding hydrogens is 278 g/mol. The Balaban J connectivity index is 2.45. The Kier molecular flexibility index (Phi) is 4.15. The molecule has 6 heteroatoms. The molecule has 5 nitrogen and oxygen atoms in total. The number of aliphatic carboxylic acids is 1. The van der Waals surface area contributed by atoms with Gasteiger partial charge in [-0.05, 0) is 44.7 Å². The minimum Gasteiger partial charge on any atom is -0.480 e. The van der Waals surface area contributed by atoms with E-state index >= 15 is 0 Å². The lowest BCUT2D eigenvalue weighted by molar-refractivity contribution is -0.142. The van der Waals surface area contributed by atoms with Crippen LogP contribution in [0.15, 0.2) is 23.1 Å². The first-order chi connectivity index (χ1) is 9.34. The van der Waals surface area contributed by atoms with Crippen LogP contribution in [0.2, 0.25) is 0 Å². The molecular formula is C14H19NO4S. The molecule has 0 aliphatic carbocycles. The van der Waals surface area contributed by atoms with Gasteiger partial charge in [-0.1, -0.05) is 17.7 Å². The molecule has 0 unspecified atom stereocenters. The van der Waals surface area contributed by atoms with Crippen LogP contribution in [0.25, 0.3) is 0 Å². The minimum absolute atomic E-state index is 0.205. The van der Waals surface area contributed by atoms with Crippen LogP contribution in [-0.4, -0.2) is 36.4 Å². The van der Waals surface area contributed by atoms with Crippen LogP contribution in [0, 0.1) is 13.8 Å². The zero-order chi connectivity index (χ0) is 14.9. The fraction of sp³-hybridized carbons (Fsp3) is 0.500. The monoisotopic (exact) mass is 297 g/mol. The fourth-order valence-corrected chi connectivity index (χ4v) is 4.51. The third-order valence-electron chi connectivity index (χ3n) is 3.66. The molecule has 1 heterocycles. The second kappa shape index (κ2) is 5.54. The Morgan fingerprint density at radius 2 is 2.00 bits per heavy atom. The summed E-state index contributed by atoms with van der Waals surface area (Å²) in [5.74, 6) is -1.07. The number of carboxylic acids is 1. The molecule has 2 rings (SSSR count). The summed E-state index contributed by atoms with van der Waals surface area (Å²) in [5.41, 5.74) is 1.63. The Hall–Kier alpha value is -1.40. The summed E-state index contributed by atoms with van der Waals surface area (Å²) < 4.78 is 26.5. The highest BCUT2D eigenvalue weighted by molar-refractivity contribution is 7.89. The van der Waals surface area contributed by atoms with E-state index < -0.39 is 22.0 Å². The number of hydrogen-bond acceptors (Lipinski definition) is 3. The number of sulfonamides is 1. The SMILES string of the molecule is Cc1ccc(S(=O)(=O)N2CCCC[C@@H]2C(=O)O)c(C)c1. The van der Waals surface area contributed by atoms with Crippen LogP contribution in [0.5, 0.6) is 0 Å². The van der Waals surface area contributed by atoms with Gasteiger partial charge in [0.25, 0.3) is 0 Å². The van der Waals surface area contributed by atoms with Crippen molar-refractivity contribution in [2.75, 3.05) is 6.54 Å². The first-order valence-electron chi connectivity index (χ1n) is 6.66. The van der Waals surface area contributed by atoms with Crippen LogP contribution >= 0.6 is 0 Å². The Labute approximate surface area is 119 Å². The molecule has 110 valence electrons. The van der Waals surface area contributed by atoms with Crippen LogP contribution in [0.4, 0.5) is 0 Å². The molecule has 20 heavy (non-hydrogen) atoms. The molecule has 1 aromatic carbocycles. The second-order valence-corrected chi connectivity index (χ2v) is 7.09. The lowest BCUT2D eigenvalue weighted by Gasteiger charge is -2.32. The van der Waals surface area contributed by atoms with Gasteiger partial charge < -0.3 is 5.11 Å². The predicted molar refractivity (Wildman–Crippen MR) is 75.1 cm³/mol. The van der Waals surface area contributed by atoms with Crippen LogP contribution in [0.1, 0.15) is 30.4 Å². The van der Waals surface area contributed by atoms with Crippen molar-refractivity contribution in [2.45, 2.75) is 44.0 Å². The smallest absolute Gasteiger partial charge is 0.322 e. The highest BCUT2D eigenvalue weighted by Crippen LogP contribution is 2.27. The Morgan fingerprint density at radius 1 is 1.30 bits per heavy atom. The Bertz CT molecular complexity index is 624. The van der Waals surface area contributed by atoms with E-state index in [1.54, 1.807) is 25.1 Å². The number of benzene rings is 1. The predicted octanol–water partition coefficient (Wildman–Crippen LogP) is 1.93. The van der Waals surface area contributed by atoms with Crippen molar-refractivity contribution in [3.63, 3.8) is 0 Å². The molecule has 1 aliphatic rings. The number of carboxylic acid groups (broad SMARTS) is 1. The zero-order valence-electron chi connectivity index (χ0n) is 11.7. The molecule has 1 saturated heterocycles. The van der Waals surface area contributed by atoms with Crippen LogP contribution in [0.3, 0.4) is 0 Å². The van der Waals surface area contributed by atoms with Gasteiger partial charge in [0.1, 0.15) is 6.04 Å². The summed E-state index contributed by atoms with van der Waals surface area (Å²) in [4.78, 5) is 11.5. The third-order valence-corrected chi connectivity index (χ3v) is 5.72. The van der Waals surface area contributed by atoms with Crippen molar-refractivity contribution in [2.24, 2.45) is 0 Å². The maximum Gasteiger partial charge on any atom is 0.322 e. The number of piperidine rings is 1. The molecule has 1 aliphatic heterocycles. The average Bonchev–Trinajstić information content (AvgIpc) is 2.38. The van der Waals surface area contributed by atoms with Crippen molar-refractivity contribution in [1.82, 2.24) is 4.31 Å². The first-order valence-corrected chi connectivity index (χ1v) is 8.10. The first kappa shape index (κ1) is 15.0. The summed E-state index contributed by atoms with van der Waals surface area (Å²) in [5, 5.41) is 9.23. The van der Waals surface area contributed by atoms with E-state index in [0.717, 1.165) is 16.3 Å². The van der Waals surface area contributed by atoms with Crippen LogP contribution < -0.4 is 0 Å². The van der Waals surface area contributed by atoms with Crippen LogP contribution in [-0.2, 0) is 14.8 Å². The molecule has 0 radical (unpaired) electrons. The zero-order valence-corrected chi connectivity index (χ0v) is 12.5. The second-order valence-electron chi connectivity index (χ2n) is 5.23. The summed E-state index contributed by atoms with van der Waals surface area (Å²) >= 11 is 0. The topological polar surface area (TPSA) is 74.7 Å². The average molecular weight is 297 g/mol. The fourth-order valence-electron chi connectivity index (χ4n) is 2.65. The largest absolute Gasteiger partial charge is 0.480 e. The van der Waals surface area contributed by atoms with Crippen molar-refractivity contribution < 1.29 is 18.3 Å². The number of nitrogens with zero attached hydrogens (tertiary/aromatic N) is 1. The molecule has 0 saturated carbocycles. The van der Waals surface area contributed by atoms with Gasteiger partial charge in [-0.25, -0.2) is 8.42 Å². The van der Waals surface area contributed by atoms with E-state index in [1.165, 1.54) is 0 Å². The summed E-state index contributed by atoms with van der Waals surface area (Å²) in [6.45, 7) is 3.90. The third kappa shape index (κ3) is 2.71. The maximum absolute atomic E-state index is 12.7. The highest BCUT2D eigenvalue weighted by atomic mass is 32.2. The number of carbonyl (C=O) groups is 1. The van der Waals surface area contributed by atoms with E-state index in [-0.39, 0.29) is 11.4 Å². The van der Waals surface area contributed by atoms with Crippen molar-refractivity contribution in [3.05, 3.63) is 29.3 Å². The maximum atomic E-state index is 12.7. The molecule has 1 N–H and O–H groups in total. The molecule has 1 atom stereocenters. The lowest BCUT2D eigenvalue weighted by atomic mass is 10.1. The molecule has 0 amide bonds. The van der Waals surface area contributed by atoms with Gasteiger partial charge in [0.05, 0.1) is 4.90 Å². The van der Waals surface area contributed by atoms with E-state index in [9.17, 15) is 18.3 Å². The summed E-state index contributed by atoms with van der Waals surface area (Å²) in [6.07, 6.45) is 1.82. The van der Waals surface area contributed by atoms with E-state index in [2.05, 4.69) is 0 Å². The van der Waals surface area contributed by atoms with Gasteiger partial charge in [-0.3, -0.25) is 4.79 Å². The number of rotatable bonds is 3. The molecule has 0 bridgehead atoms. The van der Waals surface area contributed by atoms with E-state index in [1.807, 2.05) is 6.92 Å². The van der Waals surface area contributed by atoms with Gasteiger partial charge in [0, 0.05) is 6.54 Å². The van der Waals surface area contributed by atoms with Gasteiger partial charge in [-0.15, -0.1) is 0 Å². The highest BCUT2D eigenvalue weighted by Gasteiger charge is 2.38. The van der Waals surface area contributed by atoms with Crippen molar-refractivity contribution in [3.8, 4) is 0 Å². The van der Waals surface area contributed by atoms with Gasteiger partial charge in [-0.2, -0.15) is 4.31 Å². The summed E-state index contributed by atoms with van der Waals surface area (Å²) in [6, 6.07) is 4.15.